The Kier molecular flexibility index (Phi) is 5.46. The van der Waals surface area contributed by atoms with Crippen molar-refractivity contribution >= 4 is 11.4 Å². The smallest absolute Gasteiger partial charge is 0.238 e. The maximum Gasteiger partial charge on any atom is 0.238 e. The molecular formula is C21H26N4O. The number of rotatable bonds is 7. The summed E-state index contributed by atoms with van der Waals surface area (Å²) in [5.74, 6) is 1.37. The molecule has 0 fully saturated rings. The summed E-state index contributed by atoms with van der Waals surface area (Å²) in [4.78, 5) is 4.37. The van der Waals surface area contributed by atoms with E-state index in [1.807, 2.05) is 55.3 Å². The van der Waals surface area contributed by atoms with Gasteiger partial charge < -0.3 is 14.5 Å². The fraction of sp³-hybridized carbons (Fsp3) is 0.286. The molecule has 136 valence electrons. The SMILES string of the molecule is CCN(CC)c1ccc(Oc2ccn(-c3ccc(N(C)C)cc3)n2)cc1. The van der Waals surface area contributed by atoms with Crippen molar-refractivity contribution in [1.29, 1.82) is 0 Å². The van der Waals surface area contributed by atoms with E-state index in [0.717, 1.165) is 30.2 Å². The van der Waals surface area contributed by atoms with Crippen molar-refractivity contribution in [3.8, 4) is 17.3 Å². The van der Waals surface area contributed by atoms with Crippen LogP contribution in [0.25, 0.3) is 5.69 Å². The van der Waals surface area contributed by atoms with Crippen molar-refractivity contribution in [2.24, 2.45) is 0 Å². The lowest BCUT2D eigenvalue weighted by Gasteiger charge is -2.20. The predicted octanol–water partition coefficient (Wildman–Crippen LogP) is 4.58. The van der Waals surface area contributed by atoms with E-state index in [-0.39, 0.29) is 0 Å². The van der Waals surface area contributed by atoms with E-state index in [4.69, 9.17) is 4.74 Å². The van der Waals surface area contributed by atoms with Gasteiger partial charge in [0.1, 0.15) is 5.75 Å². The average Bonchev–Trinajstić information content (AvgIpc) is 3.12. The summed E-state index contributed by atoms with van der Waals surface area (Å²) in [7, 11) is 4.06. The van der Waals surface area contributed by atoms with Crippen LogP contribution >= 0.6 is 0 Å². The van der Waals surface area contributed by atoms with Crippen LogP contribution in [0.3, 0.4) is 0 Å². The molecule has 0 spiro atoms. The Morgan fingerprint density at radius 1 is 0.846 bits per heavy atom. The van der Waals surface area contributed by atoms with Gasteiger partial charge in [0.2, 0.25) is 5.88 Å². The second kappa shape index (κ2) is 7.95. The third-order valence-electron chi connectivity index (χ3n) is 4.38. The summed E-state index contributed by atoms with van der Waals surface area (Å²) >= 11 is 0. The van der Waals surface area contributed by atoms with Crippen LogP contribution in [0.15, 0.2) is 60.8 Å². The molecule has 5 nitrogen and oxygen atoms in total. The van der Waals surface area contributed by atoms with Crippen molar-refractivity contribution in [1.82, 2.24) is 9.78 Å². The van der Waals surface area contributed by atoms with Crippen molar-refractivity contribution in [3.63, 3.8) is 0 Å². The van der Waals surface area contributed by atoms with Crippen LogP contribution in [-0.2, 0) is 0 Å². The maximum absolute atomic E-state index is 5.89. The van der Waals surface area contributed by atoms with Gasteiger partial charge in [-0.2, -0.15) is 0 Å². The van der Waals surface area contributed by atoms with Crippen LogP contribution in [0, 0.1) is 0 Å². The number of benzene rings is 2. The summed E-state index contributed by atoms with van der Waals surface area (Å²) in [6, 6.07) is 18.2. The Bertz CT molecular complexity index is 818. The van der Waals surface area contributed by atoms with Gasteiger partial charge >= 0.3 is 0 Å². The molecule has 0 bridgehead atoms. The molecular weight excluding hydrogens is 324 g/mol. The Balaban J connectivity index is 1.70. The minimum Gasteiger partial charge on any atom is -0.438 e. The standard InChI is InChI=1S/C21H26N4O/c1-5-24(6-2)18-11-13-20(14-12-18)26-21-15-16-25(22-21)19-9-7-17(8-10-19)23(3)4/h7-16H,5-6H2,1-4H3. The lowest BCUT2D eigenvalue weighted by Crippen LogP contribution is -2.21. The number of hydrogen-bond donors (Lipinski definition) is 0. The Hall–Kier alpha value is -2.95. The van der Waals surface area contributed by atoms with Crippen LogP contribution in [0.1, 0.15) is 13.8 Å². The van der Waals surface area contributed by atoms with E-state index in [1.54, 1.807) is 0 Å². The summed E-state index contributed by atoms with van der Waals surface area (Å²) in [6.07, 6.45) is 1.91. The molecule has 2 aromatic carbocycles. The Morgan fingerprint density at radius 2 is 1.46 bits per heavy atom. The first-order chi connectivity index (χ1) is 12.6. The molecule has 3 aromatic rings. The van der Waals surface area contributed by atoms with Crippen LogP contribution in [0.5, 0.6) is 11.6 Å². The van der Waals surface area contributed by atoms with E-state index in [9.17, 15) is 0 Å². The Labute approximate surface area is 155 Å². The lowest BCUT2D eigenvalue weighted by atomic mass is 10.2. The monoisotopic (exact) mass is 350 g/mol. The van der Waals surface area contributed by atoms with E-state index in [0.29, 0.717) is 5.88 Å². The van der Waals surface area contributed by atoms with Gasteiger partial charge in [0, 0.05) is 50.8 Å². The third kappa shape index (κ3) is 3.99. The first-order valence-electron chi connectivity index (χ1n) is 8.97. The van der Waals surface area contributed by atoms with Crippen LogP contribution in [0.2, 0.25) is 0 Å². The first kappa shape index (κ1) is 17.9. The van der Waals surface area contributed by atoms with Crippen LogP contribution in [0.4, 0.5) is 11.4 Å². The van der Waals surface area contributed by atoms with E-state index >= 15 is 0 Å². The number of ether oxygens (including phenoxy) is 1. The summed E-state index contributed by atoms with van der Waals surface area (Å²) in [5, 5.41) is 4.51. The van der Waals surface area contributed by atoms with Crippen molar-refractivity contribution in [2.45, 2.75) is 13.8 Å². The van der Waals surface area contributed by atoms with Gasteiger partial charge in [0.25, 0.3) is 0 Å². The van der Waals surface area contributed by atoms with Crippen LogP contribution in [-0.4, -0.2) is 37.0 Å². The normalized spacial score (nSPS) is 10.6. The molecule has 0 amide bonds. The van der Waals surface area contributed by atoms with Gasteiger partial charge in [-0.25, -0.2) is 4.68 Å². The molecule has 0 saturated carbocycles. The molecule has 0 N–H and O–H groups in total. The second-order valence-corrected chi connectivity index (χ2v) is 6.28. The fourth-order valence-electron chi connectivity index (χ4n) is 2.84. The van der Waals surface area contributed by atoms with Gasteiger partial charge in [0.15, 0.2) is 0 Å². The van der Waals surface area contributed by atoms with Crippen molar-refractivity contribution in [3.05, 3.63) is 60.8 Å². The highest BCUT2D eigenvalue weighted by molar-refractivity contribution is 5.50. The molecule has 0 aliphatic carbocycles. The number of hydrogen-bond acceptors (Lipinski definition) is 4. The zero-order valence-electron chi connectivity index (χ0n) is 15.9. The molecule has 0 atom stereocenters. The summed E-state index contributed by atoms with van der Waals surface area (Å²) in [5.41, 5.74) is 3.36. The average molecular weight is 350 g/mol. The van der Waals surface area contributed by atoms with Gasteiger partial charge in [-0.15, -0.1) is 5.10 Å². The molecule has 0 saturated heterocycles. The van der Waals surface area contributed by atoms with Gasteiger partial charge in [-0.1, -0.05) is 0 Å². The molecule has 26 heavy (non-hydrogen) atoms. The summed E-state index contributed by atoms with van der Waals surface area (Å²) < 4.78 is 7.70. The van der Waals surface area contributed by atoms with E-state index in [1.165, 1.54) is 5.69 Å². The Morgan fingerprint density at radius 3 is 2.04 bits per heavy atom. The minimum atomic E-state index is 0.581. The maximum atomic E-state index is 5.89. The van der Waals surface area contributed by atoms with Crippen molar-refractivity contribution < 1.29 is 4.74 Å². The zero-order chi connectivity index (χ0) is 18.5. The van der Waals surface area contributed by atoms with Crippen molar-refractivity contribution in [2.75, 3.05) is 37.0 Å². The van der Waals surface area contributed by atoms with E-state index < -0.39 is 0 Å². The second-order valence-electron chi connectivity index (χ2n) is 6.28. The molecule has 0 radical (unpaired) electrons. The number of aromatic nitrogens is 2. The largest absolute Gasteiger partial charge is 0.438 e. The highest BCUT2D eigenvalue weighted by atomic mass is 16.5. The van der Waals surface area contributed by atoms with Gasteiger partial charge in [-0.05, 0) is 62.4 Å². The minimum absolute atomic E-state index is 0.581. The summed E-state index contributed by atoms with van der Waals surface area (Å²) in [6.45, 7) is 6.30. The third-order valence-corrected chi connectivity index (χ3v) is 4.38. The van der Waals surface area contributed by atoms with Gasteiger partial charge in [0.05, 0.1) is 5.69 Å². The molecule has 5 heteroatoms. The molecule has 1 heterocycles. The quantitative estimate of drug-likeness (QED) is 0.625. The molecule has 0 aliphatic rings. The highest BCUT2D eigenvalue weighted by Crippen LogP contribution is 2.24. The lowest BCUT2D eigenvalue weighted by molar-refractivity contribution is 0.457. The van der Waals surface area contributed by atoms with Crippen LogP contribution < -0.4 is 14.5 Å². The molecule has 0 unspecified atom stereocenters. The van der Waals surface area contributed by atoms with Gasteiger partial charge in [-0.3, -0.25) is 0 Å². The number of nitrogens with zero attached hydrogens (tertiary/aromatic N) is 4. The zero-order valence-corrected chi connectivity index (χ0v) is 15.9. The predicted molar refractivity (Wildman–Crippen MR) is 108 cm³/mol. The first-order valence-corrected chi connectivity index (χ1v) is 8.97. The van der Waals surface area contributed by atoms with E-state index in [2.05, 4.69) is 53.0 Å². The topological polar surface area (TPSA) is 33.5 Å². The molecule has 0 aliphatic heterocycles. The fourth-order valence-corrected chi connectivity index (χ4v) is 2.84. The molecule has 1 aromatic heterocycles. The number of anilines is 2. The molecule has 3 rings (SSSR count). The highest BCUT2D eigenvalue weighted by Gasteiger charge is 2.06.